The monoisotopic (exact) mass is 335 g/mol. The number of hydrogen-bond acceptors (Lipinski definition) is 4. The van der Waals surface area contributed by atoms with Gasteiger partial charge in [-0.1, -0.05) is 36.4 Å². The van der Waals surface area contributed by atoms with Gasteiger partial charge in [0.05, 0.1) is 12.0 Å². The first kappa shape index (κ1) is 15.7. The fourth-order valence-electron chi connectivity index (χ4n) is 3.52. The van der Waals surface area contributed by atoms with Crippen molar-refractivity contribution in [1.29, 1.82) is 0 Å². The second kappa shape index (κ2) is 5.92. The van der Waals surface area contributed by atoms with E-state index in [0.29, 0.717) is 12.3 Å². The van der Waals surface area contributed by atoms with Gasteiger partial charge in [-0.3, -0.25) is 9.80 Å². The van der Waals surface area contributed by atoms with Crippen LogP contribution in [0.3, 0.4) is 0 Å². The Balaban J connectivity index is 1.83. The maximum atomic E-state index is 12.8. The molecule has 2 aliphatic heterocycles. The van der Waals surface area contributed by atoms with Gasteiger partial charge in [-0.15, -0.1) is 0 Å². The van der Waals surface area contributed by atoms with Crippen molar-refractivity contribution in [2.75, 3.05) is 25.7 Å². The molecule has 2 aliphatic rings. The lowest BCUT2D eigenvalue weighted by atomic mass is 9.87. The fourth-order valence-corrected chi connectivity index (χ4v) is 3.52. The average molecular weight is 335 g/mol. The second-order valence-electron chi connectivity index (χ2n) is 6.77. The zero-order valence-electron chi connectivity index (χ0n) is 14.6. The molecule has 0 aliphatic carbocycles. The van der Waals surface area contributed by atoms with E-state index in [1.807, 2.05) is 42.3 Å². The number of fused-ring (bicyclic) bond motifs is 3. The van der Waals surface area contributed by atoms with Gasteiger partial charge >= 0.3 is 0 Å². The van der Waals surface area contributed by atoms with Crippen LogP contribution in [-0.4, -0.2) is 43.3 Å². The zero-order valence-corrected chi connectivity index (χ0v) is 14.6. The molecule has 128 valence electrons. The Morgan fingerprint density at radius 3 is 2.68 bits per heavy atom. The largest absolute Gasteiger partial charge is 0.489 e. The Morgan fingerprint density at radius 2 is 1.96 bits per heavy atom. The zero-order chi connectivity index (χ0) is 17.6. The van der Waals surface area contributed by atoms with Crippen LogP contribution in [0.1, 0.15) is 17.0 Å². The number of nitrogens with zero attached hydrogens (tertiary/aromatic N) is 3. The van der Waals surface area contributed by atoms with E-state index in [1.54, 1.807) is 19.0 Å². The molecular formula is C20H21N3O2. The highest BCUT2D eigenvalue weighted by Crippen LogP contribution is 2.43. The van der Waals surface area contributed by atoms with Crippen LogP contribution in [0.4, 0.5) is 5.69 Å². The van der Waals surface area contributed by atoms with E-state index in [1.165, 1.54) is 0 Å². The molecule has 4 rings (SSSR count). The van der Waals surface area contributed by atoms with Gasteiger partial charge in [0.1, 0.15) is 23.8 Å². The molecule has 1 amide bonds. The summed E-state index contributed by atoms with van der Waals surface area (Å²) >= 11 is 0. The maximum Gasteiger partial charge on any atom is 0.270 e. The van der Waals surface area contributed by atoms with Gasteiger partial charge in [-0.25, -0.2) is 0 Å². The van der Waals surface area contributed by atoms with E-state index in [0.717, 1.165) is 22.6 Å². The minimum Gasteiger partial charge on any atom is -0.489 e. The second-order valence-corrected chi connectivity index (χ2v) is 6.77. The van der Waals surface area contributed by atoms with Gasteiger partial charge < -0.3 is 9.64 Å². The van der Waals surface area contributed by atoms with Crippen molar-refractivity contribution < 1.29 is 9.53 Å². The quantitative estimate of drug-likeness (QED) is 0.848. The highest BCUT2D eigenvalue weighted by atomic mass is 16.5. The third kappa shape index (κ3) is 2.56. The Labute approximate surface area is 147 Å². The Hall–Kier alpha value is -2.82. The number of benzene rings is 2. The number of ether oxygens (including phenoxy) is 1. The first-order valence-electron chi connectivity index (χ1n) is 8.44. The predicted octanol–water partition coefficient (Wildman–Crippen LogP) is 2.80. The number of carbonyl (C=O) groups is 1. The number of rotatable bonds is 2. The molecule has 0 saturated carbocycles. The van der Waals surface area contributed by atoms with Gasteiger partial charge in [0, 0.05) is 14.1 Å². The smallest absolute Gasteiger partial charge is 0.270 e. The molecule has 0 spiro atoms. The van der Waals surface area contributed by atoms with Crippen molar-refractivity contribution in [2.24, 2.45) is 5.10 Å². The first-order chi connectivity index (χ1) is 12.1. The SMILES string of the molecule is Cc1ccc2c(c1)N1N=C(C(=O)N(C)C)C(c3ccccc3)C1CO2. The molecular weight excluding hydrogens is 314 g/mol. The summed E-state index contributed by atoms with van der Waals surface area (Å²) in [6.07, 6.45) is 0. The van der Waals surface area contributed by atoms with Crippen LogP contribution in [0.2, 0.25) is 0 Å². The number of aryl methyl sites for hydroxylation is 1. The van der Waals surface area contributed by atoms with E-state index in [9.17, 15) is 4.79 Å². The molecule has 0 N–H and O–H groups in total. The fraction of sp³-hybridized carbons (Fsp3) is 0.300. The summed E-state index contributed by atoms with van der Waals surface area (Å²) in [7, 11) is 3.53. The predicted molar refractivity (Wildman–Crippen MR) is 98.3 cm³/mol. The van der Waals surface area contributed by atoms with Crippen LogP contribution >= 0.6 is 0 Å². The van der Waals surface area contributed by atoms with Crippen LogP contribution in [-0.2, 0) is 4.79 Å². The third-order valence-corrected chi connectivity index (χ3v) is 4.76. The summed E-state index contributed by atoms with van der Waals surface area (Å²) < 4.78 is 5.99. The Kier molecular flexibility index (Phi) is 3.71. The van der Waals surface area contributed by atoms with Crippen LogP contribution < -0.4 is 9.75 Å². The van der Waals surface area contributed by atoms with E-state index >= 15 is 0 Å². The topological polar surface area (TPSA) is 45.1 Å². The molecule has 5 nitrogen and oxygen atoms in total. The van der Waals surface area contributed by atoms with E-state index in [4.69, 9.17) is 9.84 Å². The summed E-state index contributed by atoms with van der Waals surface area (Å²) in [5.41, 5.74) is 3.73. The van der Waals surface area contributed by atoms with Crippen molar-refractivity contribution in [2.45, 2.75) is 18.9 Å². The standard InChI is InChI=1S/C20H21N3O2/c1-13-9-10-17-15(11-13)23-16(12-25-17)18(14-7-5-4-6-8-14)19(21-23)20(24)22(2)3/h4-11,16,18H,12H2,1-3H3. The van der Waals surface area contributed by atoms with E-state index in [-0.39, 0.29) is 17.9 Å². The van der Waals surface area contributed by atoms with Gasteiger partial charge in [-0.05, 0) is 30.2 Å². The van der Waals surface area contributed by atoms with Gasteiger partial charge in [0.25, 0.3) is 5.91 Å². The van der Waals surface area contributed by atoms with E-state index < -0.39 is 0 Å². The van der Waals surface area contributed by atoms with Crippen molar-refractivity contribution in [3.05, 3.63) is 59.7 Å². The number of anilines is 1. The summed E-state index contributed by atoms with van der Waals surface area (Å²) in [4.78, 5) is 14.4. The molecule has 2 atom stereocenters. The maximum absolute atomic E-state index is 12.8. The molecule has 0 fully saturated rings. The van der Waals surface area contributed by atoms with Crippen LogP contribution in [0.15, 0.2) is 53.6 Å². The lowest BCUT2D eigenvalue weighted by Crippen LogP contribution is -2.42. The van der Waals surface area contributed by atoms with Crippen LogP contribution in [0.5, 0.6) is 5.75 Å². The number of amides is 1. The Bertz CT molecular complexity index is 845. The molecule has 2 aromatic rings. The third-order valence-electron chi connectivity index (χ3n) is 4.76. The summed E-state index contributed by atoms with van der Waals surface area (Å²) in [6, 6.07) is 16.1. The minimum atomic E-state index is -0.107. The number of hydrazone groups is 1. The van der Waals surface area contributed by atoms with Crippen LogP contribution in [0.25, 0.3) is 0 Å². The van der Waals surface area contributed by atoms with Gasteiger partial charge in [0.15, 0.2) is 0 Å². The van der Waals surface area contributed by atoms with E-state index in [2.05, 4.69) is 18.2 Å². The van der Waals surface area contributed by atoms with Crippen molar-refractivity contribution >= 4 is 17.3 Å². The van der Waals surface area contributed by atoms with Crippen LogP contribution in [0, 0.1) is 6.92 Å². The summed E-state index contributed by atoms with van der Waals surface area (Å²) in [5, 5.41) is 6.72. The molecule has 2 heterocycles. The summed E-state index contributed by atoms with van der Waals surface area (Å²) in [5.74, 6) is 0.651. The minimum absolute atomic E-state index is 0.0180. The first-order valence-corrected chi connectivity index (χ1v) is 8.44. The van der Waals surface area contributed by atoms with Crippen molar-refractivity contribution in [1.82, 2.24) is 4.90 Å². The highest BCUT2D eigenvalue weighted by Gasteiger charge is 2.45. The molecule has 0 aromatic heterocycles. The number of hydrogen-bond donors (Lipinski definition) is 0. The molecule has 2 unspecified atom stereocenters. The molecule has 5 heteroatoms. The number of carbonyl (C=O) groups excluding carboxylic acids is 1. The molecule has 2 aromatic carbocycles. The molecule has 25 heavy (non-hydrogen) atoms. The van der Waals surface area contributed by atoms with Gasteiger partial charge in [0.2, 0.25) is 0 Å². The van der Waals surface area contributed by atoms with Gasteiger partial charge in [-0.2, -0.15) is 5.10 Å². The summed E-state index contributed by atoms with van der Waals surface area (Å²) in [6.45, 7) is 2.55. The lowest BCUT2D eigenvalue weighted by molar-refractivity contribution is -0.121. The molecule has 0 saturated heterocycles. The molecule has 0 bridgehead atoms. The van der Waals surface area contributed by atoms with Crippen molar-refractivity contribution in [3.8, 4) is 5.75 Å². The van der Waals surface area contributed by atoms with Crippen molar-refractivity contribution in [3.63, 3.8) is 0 Å². The average Bonchev–Trinajstić information content (AvgIpc) is 3.01. The normalized spacial score (nSPS) is 21.1. The molecule has 0 radical (unpaired) electrons. The highest BCUT2D eigenvalue weighted by molar-refractivity contribution is 6.41. The lowest BCUT2D eigenvalue weighted by Gasteiger charge is -2.34. The Morgan fingerprint density at radius 1 is 1.20 bits per heavy atom.